The summed E-state index contributed by atoms with van der Waals surface area (Å²) in [7, 11) is 1.77. The summed E-state index contributed by atoms with van der Waals surface area (Å²) >= 11 is 1.99. The highest BCUT2D eigenvalue weighted by Gasteiger charge is 2.20. The summed E-state index contributed by atoms with van der Waals surface area (Å²) < 4.78 is 5.95. The number of hydrogen-bond acceptors (Lipinski definition) is 3. The summed E-state index contributed by atoms with van der Waals surface area (Å²) in [4.78, 5) is 0. The molecule has 1 aromatic rings. The van der Waals surface area contributed by atoms with Crippen LogP contribution in [0, 0.1) is 13.8 Å². The molecule has 0 aliphatic heterocycles. The molecule has 0 amide bonds. The van der Waals surface area contributed by atoms with Crippen LogP contribution >= 0.6 is 11.8 Å². The molecule has 0 saturated heterocycles. The summed E-state index contributed by atoms with van der Waals surface area (Å²) in [6, 6.07) is 4.73. The SMILES string of the molecule is CCNC(CSC(C)(C)C)c1ccc(C)c(C)c1OC. The van der Waals surface area contributed by atoms with Crippen molar-refractivity contribution in [2.24, 2.45) is 0 Å². The second-order valence-electron chi connectivity index (χ2n) is 6.16. The standard InChI is InChI=1S/C17H29NOS/c1-8-18-15(11-20-17(4,5)6)14-10-9-12(2)13(3)16(14)19-7/h9-10,15,18H,8,11H2,1-7H3. The highest BCUT2D eigenvalue weighted by molar-refractivity contribution is 8.00. The molecule has 114 valence electrons. The molecule has 0 aromatic heterocycles. The molecule has 20 heavy (non-hydrogen) atoms. The monoisotopic (exact) mass is 295 g/mol. The quantitative estimate of drug-likeness (QED) is 0.835. The Kier molecular flexibility index (Phi) is 6.41. The minimum Gasteiger partial charge on any atom is -0.496 e. The van der Waals surface area contributed by atoms with Gasteiger partial charge in [0.2, 0.25) is 0 Å². The number of aryl methyl sites for hydroxylation is 1. The van der Waals surface area contributed by atoms with Crippen LogP contribution in [0.3, 0.4) is 0 Å². The van der Waals surface area contributed by atoms with Crippen molar-refractivity contribution in [3.05, 3.63) is 28.8 Å². The normalized spacial score (nSPS) is 13.3. The average molecular weight is 295 g/mol. The van der Waals surface area contributed by atoms with Gasteiger partial charge in [-0.1, -0.05) is 39.8 Å². The van der Waals surface area contributed by atoms with Crippen LogP contribution < -0.4 is 10.1 Å². The second kappa shape index (κ2) is 7.37. The van der Waals surface area contributed by atoms with E-state index < -0.39 is 0 Å². The minimum atomic E-state index is 0.278. The van der Waals surface area contributed by atoms with E-state index in [1.54, 1.807) is 7.11 Å². The van der Waals surface area contributed by atoms with E-state index in [-0.39, 0.29) is 4.75 Å². The lowest BCUT2D eigenvalue weighted by atomic mass is 10.00. The molecule has 1 unspecified atom stereocenters. The van der Waals surface area contributed by atoms with E-state index in [0.29, 0.717) is 6.04 Å². The van der Waals surface area contributed by atoms with E-state index in [1.807, 2.05) is 11.8 Å². The largest absolute Gasteiger partial charge is 0.496 e. The maximum Gasteiger partial charge on any atom is 0.126 e. The molecule has 3 heteroatoms. The second-order valence-corrected chi connectivity index (χ2v) is 8.01. The third-order valence-electron chi connectivity index (χ3n) is 3.42. The third-order valence-corrected chi connectivity index (χ3v) is 4.79. The molecule has 0 spiro atoms. The fourth-order valence-electron chi connectivity index (χ4n) is 2.19. The predicted octanol–water partition coefficient (Wildman–Crippen LogP) is 4.49. The van der Waals surface area contributed by atoms with E-state index in [0.717, 1.165) is 18.0 Å². The van der Waals surface area contributed by atoms with Crippen LogP contribution in [0.25, 0.3) is 0 Å². The Hall–Kier alpha value is -0.670. The van der Waals surface area contributed by atoms with Crippen LogP contribution in [-0.2, 0) is 0 Å². The predicted molar refractivity (Wildman–Crippen MR) is 91.1 cm³/mol. The molecule has 1 aromatic carbocycles. The van der Waals surface area contributed by atoms with E-state index >= 15 is 0 Å². The Morgan fingerprint density at radius 2 is 1.90 bits per heavy atom. The van der Waals surface area contributed by atoms with Crippen LogP contribution in [0.15, 0.2) is 12.1 Å². The first kappa shape index (κ1) is 17.4. The number of ether oxygens (including phenoxy) is 1. The number of benzene rings is 1. The van der Waals surface area contributed by atoms with E-state index in [9.17, 15) is 0 Å². The number of rotatable bonds is 6. The van der Waals surface area contributed by atoms with Crippen molar-refractivity contribution in [1.82, 2.24) is 5.32 Å². The minimum absolute atomic E-state index is 0.278. The molecule has 0 bridgehead atoms. The Morgan fingerprint density at radius 3 is 2.40 bits per heavy atom. The maximum absolute atomic E-state index is 5.67. The molecule has 0 aliphatic rings. The zero-order valence-electron chi connectivity index (χ0n) is 14.0. The molecular weight excluding hydrogens is 266 g/mol. The highest BCUT2D eigenvalue weighted by Crippen LogP contribution is 2.35. The molecule has 1 N–H and O–H groups in total. The number of thioether (sulfide) groups is 1. The highest BCUT2D eigenvalue weighted by atomic mass is 32.2. The first-order chi connectivity index (χ1) is 9.30. The Bertz CT molecular complexity index is 437. The lowest BCUT2D eigenvalue weighted by Gasteiger charge is -2.26. The summed E-state index contributed by atoms with van der Waals surface area (Å²) in [5.41, 5.74) is 3.80. The number of methoxy groups -OCH3 is 1. The number of nitrogens with one attached hydrogen (secondary N) is 1. The average Bonchev–Trinajstić information content (AvgIpc) is 2.37. The summed E-state index contributed by atoms with van der Waals surface area (Å²) in [6.07, 6.45) is 0. The Balaban J connectivity index is 3.05. The van der Waals surface area contributed by atoms with Crippen molar-refractivity contribution in [2.45, 2.75) is 52.3 Å². The van der Waals surface area contributed by atoms with E-state index in [4.69, 9.17) is 4.74 Å². The summed E-state index contributed by atoms with van der Waals surface area (Å²) in [6.45, 7) is 14.2. The van der Waals surface area contributed by atoms with Crippen molar-refractivity contribution in [3.63, 3.8) is 0 Å². The van der Waals surface area contributed by atoms with Crippen LogP contribution in [0.2, 0.25) is 0 Å². The molecular formula is C17H29NOS. The Labute approximate surface area is 128 Å². The van der Waals surface area contributed by atoms with Gasteiger partial charge >= 0.3 is 0 Å². The first-order valence-electron chi connectivity index (χ1n) is 7.31. The zero-order valence-corrected chi connectivity index (χ0v) is 14.8. The molecule has 0 fully saturated rings. The van der Waals surface area contributed by atoms with E-state index in [2.05, 4.69) is 59.0 Å². The van der Waals surface area contributed by atoms with Gasteiger partial charge in [-0.25, -0.2) is 0 Å². The molecule has 1 atom stereocenters. The molecule has 1 rings (SSSR count). The molecule has 0 aliphatic carbocycles. The molecule has 0 radical (unpaired) electrons. The van der Waals surface area contributed by atoms with E-state index in [1.165, 1.54) is 16.7 Å². The van der Waals surface area contributed by atoms with Crippen molar-refractivity contribution < 1.29 is 4.74 Å². The smallest absolute Gasteiger partial charge is 0.126 e. The van der Waals surface area contributed by atoms with Gasteiger partial charge in [0, 0.05) is 22.1 Å². The first-order valence-corrected chi connectivity index (χ1v) is 8.30. The third kappa shape index (κ3) is 4.71. The molecule has 0 heterocycles. The van der Waals surface area contributed by atoms with Crippen LogP contribution in [0.1, 0.15) is 50.4 Å². The van der Waals surface area contributed by atoms with Gasteiger partial charge in [-0.15, -0.1) is 0 Å². The van der Waals surface area contributed by atoms with Gasteiger partial charge in [-0.3, -0.25) is 0 Å². The maximum atomic E-state index is 5.67. The number of hydrogen-bond donors (Lipinski definition) is 1. The van der Waals surface area contributed by atoms with Crippen molar-refractivity contribution in [1.29, 1.82) is 0 Å². The van der Waals surface area contributed by atoms with Crippen LogP contribution in [-0.4, -0.2) is 24.2 Å². The lowest BCUT2D eigenvalue weighted by molar-refractivity contribution is 0.399. The van der Waals surface area contributed by atoms with Gasteiger partial charge in [0.1, 0.15) is 5.75 Å². The molecule has 0 saturated carbocycles. The van der Waals surface area contributed by atoms with Crippen molar-refractivity contribution in [3.8, 4) is 5.75 Å². The van der Waals surface area contributed by atoms with Crippen molar-refractivity contribution in [2.75, 3.05) is 19.4 Å². The van der Waals surface area contributed by atoms with Gasteiger partial charge in [0.05, 0.1) is 7.11 Å². The Morgan fingerprint density at radius 1 is 1.25 bits per heavy atom. The van der Waals surface area contributed by atoms with Gasteiger partial charge in [0.25, 0.3) is 0 Å². The zero-order chi connectivity index (χ0) is 15.3. The van der Waals surface area contributed by atoms with Crippen LogP contribution in [0.5, 0.6) is 5.75 Å². The van der Waals surface area contributed by atoms with Gasteiger partial charge in [-0.05, 0) is 31.5 Å². The van der Waals surface area contributed by atoms with Gasteiger partial charge < -0.3 is 10.1 Å². The van der Waals surface area contributed by atoms with Gasteiger partial charge in [0.15, 0.2) is 0 Å². The topological polar surface area (TPSA) is 21.3 Å². The van der Waals surface area contributed by atoms with Crippen LogP contribution in [0.4, 0.5) is 0 Å². The lowest BCUT2D eigenvalue weighted by Crippen LogP contribution is -2.25. The molecule has 2 nitrogen and oxygen atoms in total. The summed E-state index contributed by atoms with van der Waals surface area (Å²) in [5.74, 6) is 2.08. The fraction of sp³-hybridized carbons (Fsp3) is 0.647. The summed E-state index contributed by atoms with van der Waals surface area (Å²) in [5, 5.41) is 3.59. The van der Waals surface area contributed by atoms with Gasteiger partial charge in [-0.2, -0.15) is 11.8 Å². The fourth-order valence-corrected chi connectivity index (χ4v) is 3.16. The van der Waals surface area contributed by atoms with Crippen molar-refractivity contribution >= 4 is 11.8 Å².